The third-order valence-electron chi connectivity index (χ3n) is 2.51. The zero-order valence-electron chi connectivity index (χ0n) is 9.31. The van der Waals surface area contributed by atoms with Gasteiger partial charge in [-0.1, -0.05) is 0 Å². The summed E-state index contributed by atoms with van der Waals surface area (Å²) in [6.07, 6.45) is 2.56. The standard InChI is InChI=1S/C10H21NOS/c1-9(2,3)13(12)11-10(4,5)8-6-7-8/h8,11H,6-7H2,1-5H3. The van der Waals surface area contributed by atoms with Gasteiger partial charge in [0.05, 0.1) is 15.7 Å². The average Bonchev–Trinajstić information content (AvgIpc) is 2.62. The molecule has 0 saturated heterocycles. The highest BCUT2D eigenvalue weighted by Crippen LogP contribution is 2.39. The lowest BCUT2D eigenvalue weighted by molar-refractivity contribution is 0.407. The highest BCUT2D eigenvalue weighted by molar-refractivity contribution is 7.84. The molecule has 1 unspecified atom stereocenters. The van der Waals surface area contributed by atoms with Gasteiger partial charge in [0.15, 0.2) is 0 Å². The molecule has 0 heterocycles. The van der Waals surface area contributed by atoms with E-state index in [0.717, 1.165) is 5.92 Å². The van der Waals surface area contributed by atoms with Gasteiger partial charge in [-0.25, -0.2) is 8.93 Å². The topological polar surface area (TPSA) is 29.1 Å². The van der Waals surface area contributed by atoms with E-state index in [-0.39, 0.29) is 10.3 Å². The van der Waals surface area contributed by atoms with Gasteiger partial charge in [-0.15, -0.1) is 0 Å². The normalized spacial score (nSPS) is 21.6. The Kier molecular flexibility index (Phi) is 2.89. The fourth-order valence-electron chi connectivity index (χ4n) is 1.28. The second kappa shape index (κ2) is 3.35. The second-order valence-corrected chi connectivity index (χ2v) is 7.45. The van der Waals surface area contributed by atoms with E-state index < -0.39 is 11.0 Å². The van der Waals surface area contributed by atoms with Crippen molar-refractivity contribution in [2.45, 2.75) is 57.7 Å². The lowest BCUT2D eigenvalue weighted by atomic mass is 10.0. The molecule has 3 heteroatoms. The van der Waals surface area contributed by atoms with Crippen molar-refractivity contribution in [3.05, 3.63) is 0 Å². The Bertz CT molecular complexity index is 213. The third-order valence-corrected chi connectivity index (χ3v) is 4.33. The minimum Gasteiger partial charge on any atom is -0.242 e. The Balaban J connectivity index is 2.52. The van der Waals surface area contributed by atoms with E-state index >= 15 is 0 Å². The van der Waals surface area contributed by atoms with Crippen LogP contribution in [0.3, 0.4) is 0 Å². The molecule has 1 saturated carbocycles. The maximum atomic E-state index is 11.8. The predicted molar refractivity (Wildman–Crippen MR) is 57.8 cm³/mol. The van der Waals surface area contributed by atoms with Gasteiger partial charge >= 0.3 is 0 Å². The molecule has 0 aliphatic heterocycles. The Labute approximate surface area is 84.1 Å². The summed E-state index contributed by atoms with van der Waals surface area (Å²) in [7, 11) is -0.937. The molecule has 1 aliphatic carbocycles. The van der Waals surface area contributed by atoms with Gasteiger partial charge in [-0.2, -0.15) is 0 Å². The Morgan fingerprint density at radius 2 is 1.62 bits per heavy atom. The first-order valence-electron chi connectivity index (χ1n) is 4.93. The number of hydrogen-bond donors (Lipinski definition) is 1. The van der Waals surface area contributed by atoms with Crippen LogP contribution in [0.5, 0.6) is 0 Å². The average molecular weight is 203 g/mol. The first-order valence-corrected chi connectivity index (χ1v) is 6.08. The minimum absolute atomic E-state index is 0.0398. The molecule has 78 valence electrons. The zero-order valence-corrected chi connectivity index (χ0v) is 10.1. The molecule has 0 radical (unpaired) electrons. The Morgan fingerprint density at radius 1 is 1.15 bits per heavy atom. The monoisotopic (exact) mass is 203 g/mol. The van der Waals surface area contributed by atoms with Crippen LogP contribution in [0, 0.1) is 5.92 Å². The second-order valence-electron chi connectivity index (χ2n) is 5.48. The van der Waals surface area contributed by atoms with Crippen molar-refractivity contribution in [1.29, 1.82) is 0 Å². The van der Waals surface area contributed by atoms with Crippen molar-refractivity contribution in [3.63, 3.8) is 0 Å². The van der Waals surface area contributed by atoms with Gasteiger partial charge in [0, 0.05) is 5.54 Å². The molecule has 1 rings (SSSR count). The molecule has 1 N–H and O–H groups in total. The molecular weight excluding hydrogens is 182 g/mol. The zero-order chi connectivity index (χ0) is 10.3. The van der Waals surface area contributed by atoms with Crippen LogP contribution < -0.4 is 4.72 Å². The molecule has 2 nitrogen and oxygen atoms in total. The molecule has 0 aromatic heterocycles. The molecular formula is C10H21NOS. The SMILES string of the molecule is CC(C)(NS(=O)C(C)(C)C)C1CC1. The Morgan fingerprint density at radius 3 is 1.92 bits per heavy atom. The van der Waals surface area contributed by atoms with Crippen LogP contribution in [-0.4, -0.2) is 14.5 Å². The molecule has 13 heavy (non-hydrogen) atoms. The summed E-state index contributed by atoms with van der Waals surface area (Å²) >= 11 is 0. The van der Waals surface area contributed by atoms with Gasteiger partial charge in [0.25, 0.3) is 0 Å². The van der Waals surface area contributed by atoms with Gasteiger partial charge in [0.2, 0.25) is 0 Å². The maximum Gasteiger partial charge on any atom is 0.0975 e. The van der Waals surface area contributed by atoms with E-state index in [1.807, 2.05) is 20.8 Å². The van der Waals surface area contributed by atoms with E-state index in [1.165, 1.54) is 12.8 Å². The van der Waals surface area contributed by atoms with Crippen LogP contribution >= 0.6 is 0 Å². The van der Waals surface area contributed by atoms with Gasteiger partial charge in [-0.05, 0) is 53.4 Å². The Hall–Kier alpha value is 0.110. The summed E-state index contributed by atoms with van der Waals surface area (Å²) in [5, 5.41) is 0. The predicted octanol–water partition coefficient (Wildman–Crippen LogP) is 2.23. The highest BCUT2D eigenvalue weighted by atomic mass is 32.2. The lowest BCUT2D eigenvalue weighted by Crippen LogP contribution is -2.47. The van der Waals surface area contributed by atoms with Gasteiger partial charge in [-0.3, -0.25) is 0 Å². The molecule has 0 spiro atoms. The van der Waals surface area contributed by atoms with E-state index in [0.29, 0.717) is 0 Å². The summed E-state index contributed by atoms with van der Waals surface area (Å²) in [6, 6.07) is 0. The fraction of sp³-hybridized carbons (Fsp3) is 1.00. The van der Waals surface area contributed by atoms with Crippen molar-refractivity contribution >= 4 is 11.0 Å². The summed E-state index contributed by atoms with van der Waals surface area (Å²) in [5.41, 5.74) is 0.0398. The van der Waals surface area contributed by atoms with Crippen LogP contribution in [-0.2, 0) is 11.0 Å². The van der Waals surface area contributed by atoms with Crippen LogP contribution in [0.25, 0.3) is 0 Å². The summed E-state index contributed by atoms with van der Waals surface area (Å²) in [5.74, 6) is 0.721. The molecule has 1 atom stereocenters. The van der Waals surface area contributed by atoms with E-state index in [9.17, 15) is 4.21 Å². The first kappa shape index (κ1) is 11.2. The van der Waals surface area contributed by atoms with Crippen LogP contribution in [0.4, 0.5) is 0 Å². The summed E-state index contributed by atoms with van der Waals surface area (Å²) in [6.45, 7) is 10.3. The van der Waals surface area contributed by atoms with Crippen LogP contribution in [0.1, 0.15) is 47.5 Å². The van der Waals surface area contributed by atoms with E-state index in [4.69, 9.17) is 0 Å². The summed E-state index contributed by atoms with van der Waals surface area (Å²) < 4.78 is 14.9. The molecule has 0 bridgehead atoms. The number of rotatable bonds is 3. The van der Waals surface area contributed by atoms with Gasteiger partial charge < -0.3 is 0 Å². The lowest BCUT2D eigenvalue weighted by Gasteiger charge is -2.29. The summed E-state index contributed by atoms with van der Waals surface area (Å²) in [4.78, 5) is 0. The maximum absolute atomic E-state index is 11.8. The van der Waals surface area contributed by atoms with Gasteiger partial charge in [0.1, 0.15) is 0 Å². The van der Waals surface area contributed by atoms with Crippen molar-refractivity contribution in [1.82, 2.24) is 4.72 Å². The quantitative estimate of drug-likeness (QED) is 0.749. The molecule has 0 aromatic carbocycles. The van der Waals surface area contributed by atoms with Crippen molar-refractivity contribution in [2.75, 3.05) is 0 Å². The molecule has 0 aromatic rings. The van der Waals surface area contributed by atoms with Crippen molar-refractivity contribution in [3.8, 4) is 0 Å². The third kappa shape index (κ3) is 3.06. The van der Waals surface area contributed by atoms with Crippen LogP contribution in [0.2, 0.25) is 0 Å². The van der Waals surface area contributed by atoms with Crippen LogP contribution in [0.15, 0.2) is 0 Å². The number of hydrogen-bond acceptors (Lipinski definition) is 1. The largest absolute Gasteiger partial charge is 0.242 e. The molecule has 1 fully saturated rings. The molecule has 1 aliphatic rings. The number of nitrogens with one attached hydrogen (secondary N) is 1. The first-order chi connectivity index (χ1) is 5.73. The minimum atomic E-state index is -0.937. The molecule has 0 amide bonds. The fourth-order valence-corrected chi connectivity index (χ4v) is 2.23. The van der Waals surface area contributed by atoms with Crippen molar-refractivity contribution < 1.29 is 4.21 Å². The van der Waals surface area contributed by atoms with Crippen molar-refractivity contribution in [2.24, 2.45) is 5.92 Å². The van der Waals surface area contributed by atoms with E-state index in [1.54, 1.807) is 0 Å². The van der Waals surface area contributed by atoms with E-state index in [2.05, 4.69) is 18.6 Å². The smallest absolute Gasteiger partial charge is 0.0975 e. The highest BCUT2D eigenvalue weighted by Gasteiger charge is 2.40.